The summed E-state index contributed by atoms with van der Waals surface area (Å²) in [6, 6.07) is 6.84. The fraction of sp³-hybridized carbons (Fsp3) is 0.0769. The van der Waals surface area contributed by atoms with Gasteiger partial charge in [-0.2, -0.15) is 0 Å². The van der Waals surface area contributed by atoms with Crippen molar-refractivity contribution in [2.45, 2.75) is 6.54 Å². The summed E-state index contributed by atoms with van der Waals surface area (Å²) in [6.45, 7) is 0.189. The number of carbonyl (C=O) groups is 2. The van der Waals surface area contributed by atoms with Gasteiger partial charge in [-0.25, -0.2) is 9.97 Å². The van der Waals surface area contributed by atoms with Crippen molar-refractivity contribution < 1.29 is 9.59 Å². The molecule has 1 aliphatic heterocycles. The topological polar surface area (TPSA) is 63.2 Å². The Labute approximate surface area is 117 Å². The number of fused-ring (bicyclic) bond motifs is 1. The van der Waals surface area contributed by atoms with Crippen LogP contribution in [0.25, 0.3) is 0 Å². The lowest BCUT2D eigenvalue weighted by molar-refractivity contribution is -0.114. The Morgan fingerprint density at radius 1 is 1.16 bits per heavy atom. The molecule has 0 spiro atoms. The number of hydrogen-bond donors (Lipinski definition) is 0. The van der Waals surface area contributed by atoms with Crippen LogP contribution in [0.1, 0.15) is 16.2 Å². The van der Waals surface area contributed by atoms with E-state index in [9.17, 15) is 9.59 Å². The molecule has 0 aliphatic carbocycles. The van der Waals surface area contributed by atoms with Crippen LogP contribution >= 0.6 is 15.9 Å². The lowest BCUT2D eigenvalue weighted by Gasteiger charge is -2.15. The van der Waals surface area contributed by atoms with E-state index in [4.69, 9.17) is 0 Å². The number of ketones is 1. The summed E-state index contributed by atoms with van der Waals surface area (Å²) < 4.78 is 0.813. The van der Waals surface area contributed by atoms with Crippen molar-refractivity contribution >= 4 is 33.3 Å². The molecule has 0 N–H and O–H groups in total. The third-order valence-corrected chi connectivity index (χ3v) is 3.35. The van der Waals surface area contributed by atoms with Crippen LogP contribution in [0.5, 0.6) is 0 Å². The van der Waals surface area contributed by atoms with E-state index in [-0.39, 0.29) is 6.54 Å². The highest BCUT2D eigenvalue weighted by Gasteiger charge is 2.36. The first kappa shape index (κ1) is 12.0. The molecule has 94 valence electrons. The standard InChI is InChI=1S/C13H8BrN3O2/c14-8-2-3-9-10(6-8)17(13(19)12(9)18)7-11-15-4-1-5-16-11/h1-6H,7H2. The minimum Gasteiger partial charge on any atom is -0.297 e. The van der Waals surface area contributed by atoms with Gasteiger partial charge in [-0.3, -0.25) is 14.5 Å². The van der Waals surface area contributed by atoms with Gasteiger partial charge in [0.2, 0.25) is 0 Å². The number of aromatic nitrogens is 2. The Balaban J connectivity index is 2.01. The smallest absolute Gasteiger partial charge is 0.297 e. The van der Waals surface area contributed by atoms with E-state index in [0.29, 0.717) is 17.1 Å². The maximum atomic E-state index is 12.0. The summed E-state index contributed by atoms with van der Waals surface area (Å²) in [5.74, 6) is -0.532. The van der Waals surface area contributed by atoms with E-state index in [2.05, 4.69) is 25.9 Å². The van der Waals surface area contributed by atoms with Crippen molar-refractivity contribution in [1.29, 1.82) is 0 Å². The van der Waals surface area contributed by atoms with Crippen molar-refractivity contribution in [2.24, 2.45) is 0 Å². The van der Waals surface area contributed by atoms with E-state index in [1.54, 1.807) is 36.7 Å². The predicted molar refractivity (Wildman–Crippen MR) is 71.7 cm³/mol. The van der Waals surface area contributed by atoms with Gasteiger partial charge in [0, 0.05) is 16.9 Å². The van der Waals surface area contributed by atoms with Crippen molar-refractivity contribution in [3.63, 3.8) is 0 Å². The van der Waals surface area contributed by atoms with Crippen LogP contribution in [0, 0.1) is 0 Å². The van der Waals surface area contributed by atoms with Crippen LogP contribution in [0.4, 0.5) is 5.69 Å². The zero-order valence-corrected chi connectivity index (χ0v) is 11.3. The molecule has 19 heavy (non-hydrogen) atoms. The predicted octanol–water partition coefficient (Wildman–Crippen LogP) is 1.97. The number of carbonyl (C=O) groups excluding carboxylic acids is 2. The molecule has 5 nitrogen and oxygen atoms in total. The molecule has 1 aromatic heterocycles. The highest BCUT2D eigenvalue weighted by atomic mass is 79.9. The molecule has 0 radical (unpaired) electrons. The first-order valence-electron chi connectivity index (χ1n) is 5.58. The van der Waals surface area contributed by atoms with Gasteiger partial charge in [0.25, 0.3) is 11.7 Å². The minimum atomic E-state index is -0.541. The lowest BCUT2D eigenvalue weighted by atomic mass is 10.1. The van der Waals surface area contributed by atoms with Gasteiger partial charge in [0.05, 0.1) is 17.8 Å². The largest absolute Gasteiger partial charge is 0.299 e. The molecule has 0 fully saturated rings. The highest BCUT2D eigenvalue weighted by molar-refractivity contribution is 9.10. The molecule has 6 heteroatoms. The molecule has 3 rings (SSSR count). The van der Waals surface area contributed by atoms with Crippen molar-refractivity contribution in [3.8, 4) is 0 Å². The second kappa shape index (κ2) is 4.55. The summed E-state index contributed by atoms with van der Waals surface area (Å²) in [7, 11) is 0. The molecule has 0 saturated carbocycles. The quantitative estimate of drug-likeness (QED) is 0.794. The second-order valence-corrected chi connectivity index (χ2v) is 4.96. The average molecular weight is 318 g/mol. The van der Waals surface area contributed by atoms with Crippen LogP contribution in [0.2, 0.25) is 0 Å². The number of Topliss-reactive ketones (excluding diaryl/α,β-unsaturated/α-hetero) is 1. The second-order valence-electron chi connectivity index (χ2n) is 4.05. The normalized spacial score (nSPS) is 13.8. The van der Waals surface area contributed by atoms with Gasteiger partial charge >= 0.3 is 0 Å². The third-order valence-electron chi connectivity index (χ3n) is 2.85. The Bertz CT molecular complexity index is 673. The minimum absolute atomic E-state index is 0.189. The first-order valence-corrected chi connectivity index (χ1v) is 6.38. The lowest BCUT2D eigenvalue weighted by Crippen LogP contribution is -2.29. The molecular weight excluding hydrogens is 310 g/mol. The molecule has 1 aromatic carbocycles. The fourth-order valence-electron chi connectivity index (χ4n) is 1.98. The molecule has 0 unspecified atom stereocenters. The number of hydrogen-bond acceptors (Lipinski definition) is 4. The van der Waals surface area contributed by atoms with Crippen LogP contribution in [-0.2, 0) is 11.3 Å². The monoisotopic (exact) mass is 317 g/mol. The number of halogens is 1. The van der Waals surface area contributed by atoms with Gasteiger partial charge in [0.1, 0.15) is 5.82 Å². The third kappa shape index (κ3) is 2.04. The van der Waals surface area contributed by atoms with Gasteiger partial charge in [-0.1, -0.05) is 15.9 Å². The van der Waals surface area contributed by atoms with Gasteiger partial charge < -0.3 is 0 Å². The summed E-state index contributed by atoms with van der Waals surface area (Å²) in [5, 5.41) is 0. The van der Waals surface area contributed by atoms with E-state index in [0.717, 1.165) is 4.47 Å². The number of amides is 1. The molecule has 2 heterocycles. The van der Waals surface area contributed by atoms with E-state index >= 15 is 0 Å². The Kier molecular flexibility index (Phi) is 2.87. The number of rotatable bonds is 2. The molecule has 1 amide bonds. The number of anilines is 1. The van der Waals surface area contributed by atoms with Crippen LogP contribution < -0.4 is 4.90 Å². The average Bonchev–Trinajstić information content (AvgIpc) is 2.65. The summed E-state index contributed by atoms with van der Waals surface area (Å²) >= 11 is 3.34. The molecule has 2 aromatic rings. The van der Waals surface area contributed by atoms with Crippen LogP contribution in [0.3, 0.4) is 0 Å². The molecule has 0 saturated heterocycles. The zero-order valence-electron chi connectivity index (χ0n) is 9.71. The van der Waals surface area contributed by atoms with Crippen LogP contribution in [0.15, 0.2) is 41.1 Å². The van der Waals surface area contributed by atoms with Gasteiger partial charge in [-0.05, 0) is 24.3 Å². The number of nitrogens with zero attached hydrogens (tertiary/aromatic N) is 3. The highest BCUT2D eigenvalue weighted by Crippen LogP contribution is 2.32. The van der Waals surface area contributed by atoms with E-state index in [1.807, 2.05) is 0 Å². The Hall–Kier alpha value is -2.08. The van der Waals surface area contributed by atoms with Crippen LogP contribution in [-0.4, -0.2) is 21.7 Å². The SMILES string of the molecule is O=C1C(=O)N(Cc2ncccn2)c2cc(Br)ccc21. The Morgan fingerprint density at radius 3 is 2.63 bits per heavy atom. The molecular formula is C13H8BrN3O2. The van der Waals surface area contributed by atoms with Crippen molar-refractivity contribution in [2.75, 3.05) is 4.90 Å². The van der Waals surface area contributed by atoms with Crippen molar-refractivity contribution in [3.05, 3.63) is 52.5 Å². The number of benzene rings is 1. The Morgan fingerprint density at radius 2 is 1.89 bits per heavy atom. The molecule has 0 atom stereocenters. The summed E-state index contributed by atoms with van der Waals surface area (Å²) in [4.78, 5) is 33.4. The summed E-state index contributed by atoms with van der Waals surface area (Å²) in [5.41, 5.74) is 1.01. The summed E-state index contributed by atoms with van der Waals surface area (Å²) in [6.07, 6.45) is 3.21. The zero-order chi connectivity index (χ0) is 13.4. The molecule has 1 aliphatic rings. The van der Waals surface area contributed by atoms with Crippen molar-refractivity contribution in [1.82, 2.24) is 9.97 Å². The van der Waals surface area contributed by atoms with Gasteiger partial charge in [0.15, 0.2) is 0 Å². The molecule has 0 bridgehead atoms. The first-order chi connectivity index (χ1) is 9.16. The van der Waals surface area contributed by atoms with Gasteiger partial charge in [-0.15, -0.1) is 0 Å². The maximum absolute atomic E-state index is 12.0. The maximum Gasteiger partial charge on any atom is 0.299 e. The fourth-order valence-corrected chi connectivity index (χ4v) is 2.33. The van der Waals surface area contributed by atoms with E-state index < -0.39 is 11.7 Å². The van der Waals surface area contributed by atoms with E-state index in [1.165, 1.54) is 4.90 Å².